The summed E-state index contributed by atoms with van der Waals surface area (Å²) < 4.78 is 0. The summed E-state index contributed by atoms with van der Waals surface area (Å²) in [6.45, 7) is 4.06. The minimum atomic E-state index is -0.842. The number of aryl methyl sites for hydroxylation is 1. The fourth-order valence-electron chi connectivity index (χ4n) is 2.45. The zero-order chi connectivity index (χ0) is 11.7. The van der Waals surface area contributed by atoms with Gasteiger partial charge in [0.2, 0.25) is 0 Å². The molecule has 1 aliphatic carbocycles. The van der Waals surface area contributed by atoms with Crippen LogP contribution >= 0.6 is 11.3 Å². The number of aromatic carboxylic acids is 1. The summed E-state index contributed by atoms with van der Waals surface area (Å²) in [6.07, 6.45) is 4.86. The van der Waals surface area contributed by atoms with Crippen molar-refractivity contribution in [2.24, 2.45) is 5.92 Å². The van der Waals surface area contributed by atoms with Gasteiger partial charge in [-0.1, -0.05) is 19.8 Å². The van der Waals surface area contributed by atoms with Gasteiger partial charge in [0.15, 0.2) is 0 Å². The van der Waals surface area contributed by atoms with Gasteiger partial charge in [-0.25, -0.2) is 9.78 Å². The highest BCUT2D eigenvalue weighted by atomic mass is 32.1. The summed E-state index contributed by atoms with van der Waals surface area (Å²) >= 11 is 1.37. The molecule has 1 N–H and O–H groups in total. The molecule has 2 atom stereocenters. The number of carboxylic acids is 1. The number of nitrogens with zero attached hydrogens (tertiary/aromatic N) is 1. The largest absolute Gasteiger partial charge is 0.477 e. The fraction of sp³-hybridized carbons (Fsp3) is 0.667. The van der Waals surface area contributed by atoms with Crippen molar-refractivity contribution in [2.75, 3.05) is 0 Å². The molecular formula is C12H17NO2S. The SMILES string of the molecule is Cc1nc(C2CCCC(C)C2)sc1C(=O)O. The lowest BCUT2D eigenvalue weighted by Crippen LogP contribution is -2.11. The van der Waals surface area contributed by atoms with Gasteiger partial charge in [-0.15, -0.1) is 11.3 Å². The maximum absolute atomic E-state index is 11.0. The second-order valence-electron chi connectivity index (χ2n) is 4.74. The number of carboxylic acid groups (broad SMARTS) is 1. The Balaban J connectivity index is 2.20. The molecule has 0 amide bonds. The second-order valence-corrected chi connectivity index (χ2v) is 5.77. The van der Waals surface area contributed by atoms with Crippen molar-refractivity contribution in [1.29, 1.82) is 0 Å². The topological polar surface area (TPSA) is 50.2 Å². The number of aromatic nitrogens is 1. The zero-order valence-corrected chi connectivity index (χ0v) is 10.5. The van der Waals surface area contributed by atoms with E-state index < -0.39 is 5.97 Å². The second kappa shape index (κ2) is 4.53. The molecule has 0 spiro atoms. The first-order valence-corrected chi connectivity index (χ1v) is 6.60. The van der Waals surface area contributed by atoms with Gasteiger partial charge in [0, 0.05) is 5.92 Å². The summed E-state index contributed by atoms with van der Waals surface area (Å²) in [6, 6.07) is 0. The van der Waals surface area contributed by atoms with E-state index in [1.54, 1.807) is 6.92 Å². The lowest BCUT2D eigenvalue weighted by Gasteiger charge is -2.24. The van der Waals surface area contributed by atoms with Crippen LogP contribution in [0.25, 0.3) is 0 Å². The van der Waals surface area contributed by atoms with Crippen LogP contribution in [0.1, 0.15) is 58.9 Å². The molecular weight excluding hydrogens is 222 g/mol. The van der Waals surface area contributed by atoms with E-state index in [1.165, 1.54) is 24.2 Å². The van der Waals surface area contributed by atoms with E-state index in [-0.39, 0.29) is 0 Å². The maximum Gasteiger partial charge on any atom is 0.347 e. The summed E-state index contributed by atoms with van der Waals surface area (Å²) in [5, 5.41) is 10.0. The minimum Gasteiger partial charge on any atom is -0.477 e. The summed E-state index contributed by atoms with van der Waals surface area (Å²) in [5.74, 6) is 0.391. The van der Waals surface area contributed by atoms with Crippen molar-refractivity contribution in [3.63, 3.8) is 0 Å². The van der Waals surface area contributed by atoms with Gasteiger partial charge in [0.1, 0.15) is 4.88 Å². The van der Waals surface area contributed by atoms with E-state index >= 15 is 0 Å². The van der Waals surface area contributed by atoms with E-state index in [1.807, 2.05) is 0 Å². The molecule has 1 aromatic heterocycles. The Hall–Kier alpha value is -0.900. The molecule has 1 fully saturated rings. The van der Waals surface area contributed by atoms with Gasteiger partial charge >= 0.3 is 5.97 Å². The van der Waals surface area contributed by atoms with Crippen molar-refractivity contribution >= 4 is 17.3 Å². The molecule has 1 heterocycles. The lowest BCUT2D eigenvalue weighted by molar-refractivity contribution is 0.0701. The molecule has 0 saturated heterocycles. The van der Waals surface area contributed by atoms with Crippen LogP contribution in [-0.2, 0) is 0 Å². The highest BCUT2D eigenvalue weighted by Crippen LogP contribution is 2.38. The quantitative estimate of drug-likeness (QED) is 0.860. The molecule has 3 nitrogen and oxygen atoms in total. The molecule has 88 valence electrons. The van der Waals surface area contributed by atoms with E-state index in [9.17, 15) is 4.79 Å². The zero-order valence-electron chi connectivity index (χ0n) is 9.69. The van der Waals surface area contributed by atoms with Crippen LogP contribution in [0.2, 0.25) is 0 Å². The standard InChI is InChI=1S/C12H17NO2S/c1-7-4-3-5-9(6-7)11-13-8(2)10(16-11)12(14)15/h7,9H,3-6H2,1-2H3,(H,14,15). The Kier molecular flexibility index (Phi) is 3.28. The van der Waals surface area contributed by atoms with Crippen LogP contribution in [0.4, 0.5) is 0 Å². The molecule has 0 bridgehead atoms. The van der Waals surface area contributed by atoms with Crippen molar-refractivity contribution in [1.82, 2.24) is 4.98 Å². The monoisotopic (exact) mass is 239 g/mol. The van der Waals surface area contributed by atoms with Crippen LogP contribution in [0.5, 0.6) is 0 Å². The molecule has 2 unspecified atom stereocenters. The molecule has 1 saturated carbocycles. The number of carbonyl (C=O) groups is 1. The van der Waals surface area contributed by atoms with E-state index in [2.05, 4.69) is 11.9 Å². The van der Waals surface area contributed by atoms with Gasteiger partial charge in [-0.2, -0.15) is 0 Å². The minimum absolute atomic E-state index is 0.410. The molecule has 4 heteroatoms. The fourth-order valence-corrected chi connectivity index (χ4v) is 3.50. The molecule has 0 aromatic carbocycles. The van der Waals surface area contributed by atoms with Crippen molar-refractivity contribution < 1.29 is 9.90 Å². The van der Waals surface area contributed by atoms with Crippen LogP contribution in [0, 0.1) is 12.8 Å². The van der Waals surface area contributed by atoms with Gasteiger partial charge in [0.25, 0.3) is 0 Å². The number of thiazole rings is 1. The van der Waals surface area contributed by atoms with Gasteiger partial charge < -0.3 is 5.11 Å². The summed E-state index contributed by atoms with van der Waals surface area (Å²) in [5.41, 5.74) is 0.672. The third-order valence-electron chi connectivity index (χ3n) is 3.29. The van der Waals surface area contributed by atoms with Crippen LogP contribution < -0.4 is 0 Å². The van der Waals surface area contributed by atoms with Crippen molar-refractivity contribution in [3.05, 3.63) is 15.6 Å². The maximum atomic E-state index is 11.0. The normalized spacial score (nSPS) is 25.6. The first-order valence-electron chi connectivity index (χ1n) is 5.78. The molecule has 1 aliphatic rings. The number of rotatable bonds is 2. The third-order valence-corrected chi connectivity index (χ3v) is 4.60. The Bertz CT molecular complexity index is 400. The highest BCUT2D eigenvalue weighted by Gasteiger charge is 2.25. The Morgan fingerprint density at radius 1 is 1.50 bits per heavy atom. The highest BCUT2D eigenvalue weighted by molar-refractivity contribution is 7.13. The first-order chi connectivity index (χ1) is 7.58. The molecule has 2 rings (SSSR count). The predicted molar refractivity (Wildman–Crippen MR) is 64.2 cm³/mol. The average molecular weight is 239 g/mol. The van der Waals surface area contributed by atoms with E-state index in [0.29, 0.717) is 16.5 Å². The number of hydrogen-bond acceptors (Lipinski definition) is 3. The smallest absolute Gasteiger partial charge is 0.347 e. The predicted octanol–water partition coefficient (Wildman–Crippen LogP) is 3.44. The summed E-state index contributed by atoms with van der Waals surface area (Å²) in [7, 11) is 0. The van der Waals surface area contributed by atoms with Crippen LogP contribution in [0.15, 0.2) is 0 Å². The average Bonchev–Trinajstić information content (AvgIpc) is 2.60. The van der Waals surface area contributed by atoms with Crippen LogP contribution in [0.3, 0.4) is 0 Å². The molecule has 16 heavy (non-hydrogen) atoms. The van der Waals surface area contributed by atoms with Gasteiger partial charge in [0.05, 0.1) is 10.7 Å². The molecule has 0 aliphatic heterocycles. The molecule has 1 aromatic rings. The van der Waals surface area contributed by atoms with E-state index in [0.717, 1.165) is 23.8 Å². The van der Waals surface area contributed by atoms with Gasteiger partial charge in [-0.3, -0.25) is 0 Å². The lowest BCUT2D eigenvalue weighted by atomic mass is 9.83. The Labute approximate surface area is 99.5 Å². The van der Waals surface area contributed by atoms with E-state index in [4.69, 9.17) is 5.11 Å². The third kappa shape index (κ3) is 2.26. The first kappa shape index (κ1) is 11.6. The van der Waals surface area contributed by atoms with Crippen molar-refractivity contribution in [3.8, 4) is 0 Å². The van der Waals surface area contributed by atoms with Crippen molar-refractivity contribution in [2.45, 2.75) is 45.4 Å². The Morgan fingerprint density at radius 2 is 2.25 bits per heavy atom. The van der Waals surface area contributed by atoms with Gasteiger partial charge in [-0.05, 0) is 25.7 Å². The number of hydrogen-bond donors (Lipinski definition) is 1. The Morgan fingerprint density at radius 3 is 2.81 bits per heavy atom. The summed E-state index contributed by atoms with van der Waals surface area (Å²) in [4.78, 5) is 15.8. The van der Waals surface area contributed by atoms with Crippen LogP contribution in [-0.4, -0.2) is 16.1 Å². The molecule has 0 radical (unpaired) electrons.